The van der Waals surface area contributed by atoms with Gasteiger partial charge in [-0.3, -0.25) is 0 Å². The monoisotopic (exact) mass is 432 g/mol. The molecule has 3 aromatic carbocycles. The van der Waals surface area contributed by atoms with Gasteiger partial charge in [-0.2, -0.15) is 0 Å². The van der Waals surface area contributed by atoms with Gasteiger partial charge in [-0.1, -0.05) is 63.4 Å². The van der Waals surface area contributed by atoms with Gasteiger partial charge in [0.05, 0.1) is 5.39 Å². The summed E-state index contributed by atoms with van der Waals surface area (Å²) in [5, 5.41) is -0.556. The number of hydrogen-bond donors (Lipinski definition) is 0. The largest absolute Gasteiger partial charge is 0.205 e. The highest BCUT2D eigenvalue weighted by atomic mass is 19.2. The van der Waals surface area contributed by atoms with E-state index >= 15 is 0 Å². The third-order valence-electron chi connectivity index (χ3n) is 5.42. The Bertz CT molecular complexity index is 1100. The first-order valence-corrected chi connectivity index (χ1v) is 10.6. The minimum absolute atomic E-state index is 0.0465. The molecule has 0 amide bonds. The third-order valence-corrected chi connectivity index (χ3v) is 5.42. The van der Waals surface area contributed by atoms with Crippen molar-refractivity contribution in [2.75, 3.05) is 0 Å². The van der Waals surface area contributed by atoms with Gasteiger partial charge in [0, 0.05) is 11.1 Å². The van der Waals surface area contributed by atoms with Gasteiger partial charge >= 0.3 is 0 Å². The Morgan fingerprint density at radius 2 is 1.42 bits per heavy atom. The minimum Gasteiger partial charge on any atom is -0.205 e. The first-order chi connectivity index (χ1) is 14.9. The molecule has 164 valence electrons. The van der Waals surface area contributed by atoms with E-state index in [-0.39, 0.29) is 16.5 Å². The van der Waals surface area contributed by atoms with Crippen molar-refractivity contribution in [1.82, 2.24) is 0 Å². The molecule has 0 unspecified atom stereocenters. The molecule has 0 atom stereocenters. The van der Waals surface area contributed by atoms with Gasteiger partial charge in [-0.15, -0.1) is 0 Å². The van der Waals surface area contributed by atoms with Crippen molar-refractivity contribution in [3.8, 4) is 0 Å². The summed E-state index contributed by atoms with van der Waals surface area (Å²) in [6.45, 7) is 4.00. The molecule has 3 aromatic rings. The molecule has 5 heteroatoms. The fourth-order valence-corrected chi connectivity index (χ4v) is 3.70. The fraction of sp³-hybridized carbons (Fsp3) is 0.308. The van der Waals surface area contributed by atoms with Crippen molar-refractivity contribution in [1.29, 1.82) is 0 Å². The highest BCUT2D eigenvalue weighted by Gasteiger charge is 2.22. The molecule has 0 saturated heterocycles. The number of fused-ring (bicyclic) bond motifs is 1. The summed E-state index contributed by atoms with van der Waals surface area (Å²) in [4.78, 5) is 0. The van der Waals surface area contributed by atoms with E-state index in [4.69, 9.17) is 0 Å². The predicted octanol–water partition coefficient (Wildman–Crippen LogP) is 8.71. The predicted molar refractivity (Wildman–Crippen MR) is 117 cm³/mol. The molecule has 0 aromatic heterocycles. The Kier molecular flexibility index (Phi) is 7.47. The van der Waals surface area contributed by atoms with Crippen LogP contribution in [-0.2, 0) is 12.8 Å². The Balaban J connectivity index is 2.04. The fourth-order valence-electron chi connectivity index (χ4n) is 3.70. The summed E-state index contributed by atoms with van der Waals surface area (Å²) in [7, 11) is 0. The van der Waals surface area contributed by atoms with Crippen LogP contribution in [0.5, 0.6) is 0 Å². The number of benzene rings is 3. The zero-order valence-corrected chi connectivity index (χ0v) is 17.7. The van der Waals surface area contributed by atoms with Gasteiger partial charge in [0.1, 0.15) is 5.82 Å². The van der Waals surface area contributed by atoms with Gasteiger partial charge in [0.15, 0.2) is 23.3 Å². The van der Waals surface area contributed by atoms with Gasteiger partial charge < -0.3 is 0 Å². The third kappa shape index (κ3) is 4.81. The van der Waals surface area contributed by atoms with Crippen molar-refractivity contribution in [2.45, 2.75) is 52.4 Å². The van der Waals surface area contributed by atoms with E-state index in [2.05, 4.69) is 0 Å². The van der Waals surface area contributed by atoms with Crippen LogP contribution < -0.4 is 0 Å². The average molecular weight is 432 g/mol. The lowest BCUT2D eigenvalue weighted by Gasteiger charge is -2.11. The first kappa shape index (κ1) is 23.0. The maximum atomic E-state index is 15.0. The first-order valence-electron chi connectivity index (χ1n) is 10.6. The maximum absolute atomic E-state index is 15.0. The van der Waals surface area contributed by atoms with Gasteiger partial charge in [-0.25, -0.2) is 22.0 Å². The van der Waals surface area contributed by atoms with Crippen molar-refractivity contribution >= 4 is 22.4 Å². The van der Waals surface area contributed by atoms with Gasteiger partial charge in [0.25, 0.3) is 0 Å². The van der Waals surface area contributed by atoms with Crippen LogP contribution >= 0.6 is 0 Å². The van der Waals surface area contributed by atoms with Crippen molar-refractivity contribution in [2.24, 2.45) is 0 Å². The summed E-state index contributed by atoms with van der Waals surface area (Å²) in [5.74, 6) is -6.53. The summed E-state index contributed by atoms with van der Waals surface area (Å²) < 4.78 is 73.6. The molecule has 0 saturated carbocycles. The normalized spacial score (nSPS) is 12.4. The molecule has 0 nitrogen and oxygen atoms in total. The molecule has 0 aliphatic rings. The Labute approximate surface area is 179 Å². The minimum atomic E-state index is -1.45. The highest BCUT2D eigenvalue weighted by Crippen LogP contribution is 2.35. The summed E-state index contributed by atoms with van der Waals surface area (Å²) >= 11 is 0. The average Bonchev–Trinajstić information content (AvgIpc) is 2.77. The molecular formula is C26H25F5. The second-order valence-electron chi connectivity index (χ2n) is 7.72. The van der Waals surface area contributed by atoms with E-state index in [1.807, 2.05) is 13.8 Å². The molecule has 0 spiro atoms. The number of hydrogen-bond acceptors (Lipinski definition) is 0. The van der Waals surface area contributed by atoms with Crippen LogP contribution in [0.25, 0.3) is 22.4 Å². The maximum Gasteiger partial charge on any atom is 0.169 e. The van der Waals surface area contributed by atoms with Crippen LogP contribution in [0.3, 0.4) is 0 Å². The molecule has 0 heterocycles. The molecule has 0 aliphatic heterocycles. The Morgan fingerprint density at radius 3 is 2.06 bits per heavy atom. The summed E-state index contributed by atoms with van der Waals surface area (Å²) in [6, 6.07) is 9.92. The van der Waals surface area contributed by atoms with E-state index in [0.29, 0.717) is 12.8 Å². The summed E-state index contributed by atoms with van der Waals surface area (Å²) in [5.41, 5.74) is 0.345. The molecule has 0 N–H and O–H groups in total. The lowest BCUT2D eigenvalue weighted by Crippen LogP contribution is -2.00. The van der Waals surface area contributed by atoms with Crippen molar-refractivity contribution < 1.29 is 22.0 Å². The lowest BCUT2D eigenvalue weighted by molar-refractivity contribution is 0.499. The zero-order valence-electron chi connectivity index (χ0n) is 17.7. The second-order valence-corrected chi connectivity index (χ2v) is 7.72. The summed E-state index contributed by atoms with van der Waals surface area (Å²) in [6.07, 6.45) is 4.51. The van der Waals surface area contributed by atoms with E-state index < -0.39 is 40.1 Å². The molecule has 0 radical (unpaired) electrons. The van der Waals surface area contributed by atoms with Crippen molar-refractivity contribution in [3.63, 3.8) is 0 Å². The van der Waals surface area contributed by atoms with Crippen LogP contribution in [0.15, 0.2) is 42.5 Å². The molecule has 31 heavy (non-hydrogen) atoms. The number of aryl methyl sites for hydroxylation is 2. The van der Waals surface area contributed by atoms with Crippen molar-refractivity contribution in [3.05, 3.63) is 82.2 Å². The Morgan fingerprint density at radius 1 is 0.710 bits per heavy atom. The van der Waals surface area contributed by atoms with E-state index in [1.165, 1.54) is 24.3 Å². The molecule has 0 aliphatic carbocycles. The Hall–Kier alpha value is -2.69. The SMILES string of the molecule is CCCCCc1cc2ccc(C(F)=C(F)c3ccc(CCC)cc3)c(F)c2c(F)c1F. The van der Waals surface area contributed by atoms with E-state index in [1.54, 1.807) is 12.1 Å². The highest BCUT2D eigenvalue weighted by molar-refractivity contribution is 5.91. The number of rotatable bonds is 8. The van der Waals surface area contributed by atoms with Gasteiger partial charge in [-0.05, 0) is 47.9 Å². The van der Waals surface area contributed by atoms with Crippen LogP contribution in [-0.4, -0.2) is 0 Å². The van der Waals surface area contributed by atoms with Crippen LogP contribution in [0.4, 0.5) is 22.0 Å². The van der Waals surface area contributed by atoms with Crippen LogP contribution in [0.1, 0.15) is 61.8 Å². The second kappa shape index (κ2) is 10.1. The van der Waals surface area contributed by atoms with E-state index in [0.717, 1.165) is 37.3 Å². The number of unbranched alkanes of at least 4 members (excludes halogenated alkanes) is 2. The molecule has 0 bridgehead atoms. The lowest BCUT2D eigenvalue weighted by atomic mass is 9.98. The van der Waals surface area contributed by atoms with Gasteiger partial charge in [0.2, 0.25) is 0 Å². The van der Waals surface area contributed by atoms with Crippen LogP contribution in [0, 0.1) is 17.5 Å². The molecule has 0 fully saturated rings. The van der Waals surface area contributed by atoms with E-state index in [9.17, 15) is 22.0 Å². The smallest absolute Gasteiger partial charge is 0.169 e. The topological polar surface area (TPSA) is 0 Å². The standard InChI is InChI=1S/C26H25F5/c1-3-5-6-8-19-15-18-13-14-20(24(29)21(18)26(31)23(19)28)25(30)22(27)17-11-9-16(7-4-2)10-12-17/h9-15H,3-8H2,1-2H3. The number of halogens is 5. The molecular weight excluding hydrogens is 407 g/mol. The molecule has 3 rings (SSSR count). The zero-order chi connectivity index (χ0) is 22.5. The quantitative estimate of drug-likeness (QED) is 0.190. The van der Waals surface area contributed by atoms with Crippen LogP contribution in [0.2, 0.25) is 0 Å².